The smallest absolute Gasteiger partial charge is 0.167 e. The normalized spacial score (nSPS) is 20.1. The van der Waals surface area contributed by atoms with Crippen LogP contribution in [0.3, 0.4) is 0 Å². The van der Waals surface area contributed by atoms with Gasteiger partial charge in [-0.25, -0.2) is 17.6 Å². The first kappa shape index (κ1) is 22.4. The molecule has 0 aromatic heterocycles. The van der Waals surface area contributed by atoms with Gasteiger partial charge in [-0.2, -0.15) is 0 Å². The molecule has 31 heavy (non-hydrogen) atoms. The highest BCUT2D eigenvalue weighted by Gasteiger charge is 2.31. The maximum absolute atomic E-state index is 15.0. The molecule has 0 aliphatic heterocycles. The summed E-state index contributed by atoms with van der Waals surface area (Å²) in [6.07, 6.45) is 10.1. The number of fused-ring (bicyclic) bond motifs is 3. The number of hydrogen-bond donors (Lipinski definition) is 0. The first-order valence-electron chi connectivity index (χ1n) is 11.9. The van der Waals surface area contributed by atoms with Crippen molar-refractivity contribution in [1.82, 2.24) is 0 Å². The molecule has 0 spiro atoms. The lowest BCUT2D eigenvalue weighted by Gasteiger charge is -2.26. The zero-order valence-electron chi connectivity index (χ0n) is 18.6. The van der Waals surface area contributed by atoms with Gasteiger partial charge in [0.05, 0.1) is 0 Å². The fourth-order valence-corrected chi connectivity index (χ4v) is 5.50. The van der Waals surface area contributed by atoms with Crippen LogP contribution in [0.4, 0.5) is 17.6 Å². The molecule has 4 heteroatoms. The Morgan fingerprint density at radius 2 is 1.29 bits per heavy atom. The van der Waals surface area contributed by atoms with Gasteiger partial charge < -0.3 is 0 Å². The van der Waals surface area contributed by atoms with Gasteiger partial charge in [-0.05, 0) is 59.8 Å². The molecule has 1 saturated carbocycles. The van der Waals surface area contributed by atoms with Crippen molar-refractivity contribution >= 4 is 0 Å². The molecule has 0 heterocycles. The average molecular weight is 433 g/mol. The Morgan fingerprint density at radius 1 is 0.742 bits per heavy atom. The third-order valence-corrected chi connectivity index (χ3v) is 7.32. The fraction of sp³-hybridized carbons (Fsp3) is 0.556. The Morgan fingerprint density at radius 3 is 1.84 bits per heavy atom. The van der Waals surface area contributed by atoms with E-state index in [1.165, 1.54) is 25.7 Å². The minimum Gasteiger partial charge on any atom is -0.203 e. The van der Waals surface area contributed by atoms with Crippen molar-refractivity contribution < 1.29 is 17.6 Å². The van der Waals surface area contributed by atoms with Gasteiger partial charge >= 0.3 is 0 Å². The number of rotatable bonds is 7. The van der Waals surface area contributed by atoms with E-state index >= 15 is 0 Å². The number of hydrogen-bond acceptors (Lipinski definition) is 0. The van der Waals surface area contributed by atoms with Crippen molar-refractivity contribution in [3.05, 3.63) is 57.7 Å². The Bertz CT molecular complexity index is 955. The van der Waals surface area contributed by atoms with E-state index < -0.39 is 23.3 Å². The van der Waals surface area contributed by atoms with Crippen molar-refractivity contribution in [3.8, 4) is 11.1 Å². The largest absolute Gasteiger partial charge is 0.203 e. The number of aryl methyl sites for hydroxylation is 2. The monoisotopic (exact) mass is 432 g/mol. The molecule has 2 aliphatic carbocycles. The maximum Gasteiger partial charge on any atom is 0.167 e. The van der Waals surface area contributed by atoms with Crippen LogP contribution in [0.25, 0.3) is 11.1 Å². The molecule has 0 saturated heterocycles. The van der Waals surface area contributed by atoms with Crippen LogP contribution in [-0.4, -0.2) is 0 Å². The molecule has 2 aromatic rings. The molecule has 2 aromatic carbocycles. The summed E-state index contributed by atoms with van der Waals surface area (Å²) in [6.45, 7) is 4.21. The van der Waals surface area contributed by atoms with Crippen molar-refractivity contribution in [2.45, 2.75) is 84.5 Å². The van der Waals surface area contributed by atoms with Gasteiger partial charge in [0.1, 0.15) is 0 Å². The van der Waals surface area contributed by atoms with Crippen LogP contribution < -0.4 is 0 Å². The van der Waals surface area contributed by atoms with E-state index in [0.29, 0.717) is 47.9 Å². The topological polar surface area (TPSA) is 0 Å². The fourth-order valence-electron chi connectivity index (χ4n) is 5.50. The summed E-state index contributed by atoms with van der Waals surface area (Å²) in [4.78, 5) is 0. The Labute approximate surface area is 183 Å². The van der Waals surface area contributed by atoms with Crippen molar-refractivity contribution in [1.29, 1.82) is 0 Å². The van der Waals surface area contributed by atoms with Crippen LogP contribution in [0.2, 0.25) is 0 Å². The van der Waals surface area contributed by atoms with Crippen LogP contribution in [0.15, 0.2) is 12.1 Å². The number of unbranched alkanes of at least 4 members (excludes halogenated alkanes) is 1. The molecule has 0 unspecified atom stereocenters. The SMILES string of the molecule is CCCc1cc2c(c(F)c1F)-c1c(cc(CCCCC3CCC(C)CC3)c(F)c1F)C2. The Balaban J connectivity index is 1.49. The molecule has 168 valence electrons. The highest BCUT2D eigenvalue weighted by Crippen LogP contribution is 2.43. The summed E-state index contributed by atoms with van der Waals surface area (Å²) in [5.74, 6) is -2.32. The summed E-state index contributed by atoms with van der Waals surface area (Å²) in [6, 6.07) is 3.30. The predicted octanol–water partition coefficient (Wildman–Crippen LogP) is 8.31. The third kappa shape index (κ3) is 4.40. The Kier molecular flexibility index (Phi) is 6.74. The molecular formula is C27H32F4. The standard InChI is InChI=1S/C27H32F4/c1-3-6-18-13-20-15-21-14-19(8-5-4-7-17-11-9-16(2)10-12-17)25(29)27(31)23(21)22(20)26(30)24(18)28/h13-14,16-17H,3-12,15H2,1-2H3. The van der Waals surface area contributed by atoms with Gasteiger partial charge in [0.2, 0.25) is 0 Å². The van der Waals surface area contributed by atoms with Gasteiger partial charge in [-0.3, -0.25) is 0 Å². The van der Waals surface area contributed by atoms with Gasteiger partial charge in [-0.1, -0.05) is 70.9 Å². The van der Waals surface area contributed by atoms with Crippen LogP contribution in [0.1, 0.15) is 87.5 Å². The van der Waals surface area contributed by atoms with Crippen LogP contribution in [0.5, 0.6) is 0 Å². The van der Waals surface area contributed by atoms with Crippen molar-refractivity contribution in [3.63, 3.8) is 0 Å². The van der Waals surface area contributed by atoms with E-state index in [1.54, 1.807) is 12.1 Å². The first-order valence-corrected chi connectivity index (χ1v) is 11.9. The predicted molar refractivity (Wildman–Crippen MR) is 117 cm³/mol. The number of benzene rings is 2. The van der Waals surface area contributed by atoms with E-state index in [4.69, 9.17) is 0 Å². The third-order valence-electron chi connectivity index (χ3n) is 7.32. The maximum atomic E-state index is 15.0. The lowest BCUT2D eigenvalue weighted by Crippen LogP contribution is -2.12. The van der Waals surface area contributed by atoms with Crippen molar-refractivity contribution in [2.75, 3.05) is 0 Å². The van der Waals surface area contributed by atoms with Gasteiger partial charge in [0, 0.05) is 11.1 Å². The summed E-state index contributed by atoms with van der Waals surface area (Å²) in [5.41, 5.74) is 1.60. The molecule has 0 radical (unpaired) electrons. The molecule has 4 rings (SSSR count). The minimum atomic E-state index is -1.05. The van der Waals surface area contributed by atoms with E-state index in [-0.39, 0.29) is 11.1 Å². The highest BCUT2D eigenvalue weighted by molar-refractivity contribution is 5.79. The molecule has 0 bridgehead atoms. The molecule has 0 atom stereocenters. The van der Waals surface area contributed by atoms with Crippen molar-refractivity contribution in [2.24, 2.45) is 11.8 Å². The van der Waals surface area contributed by atoms with Gasteiger partial charge in [0.15, 0.2) is 23.3 Å². The minimum absolute atomic E-state index is 0.0907. The molecular weight excluding hydrogens is 400 g/mol. The van der Waals surface area contributed by atoms with Gasteiger partial charge in [0.25, 0.3) is 0 Å². The van der Waals surface area contributed by atoms with Crippen LogP contribution >= 0.6 is 0 Å². The average Bonchev–Trinajstić information content (AvgIpc) is 3.12. The highest BCUT2D eigenvalue weighted by atomic mass is 19.2. The van der Waals surface area contributed by atoms with E-state index in [1.807, 2.05) is 6.92 Å². The van der Waals surface area contributed by atoms with E-state index in [2.05, 4.69) is 6.92 Å². The van der Waals surface area contributed by atoms with Crippen LogP contribution in [-0.2, 0) is 19.3 Å². The summed E-state index contributed by atoms with van der Waals surface area (Å²) in [7, 11) is 0. The molecule has 0 amide bonds. The molecule has 1 fully saturated rings. The van der Waals surface area contributed by atoms with Gasteiger partial charge in [-0.15, -0.1) is 0 Å². The Hall–Kier alpha value is -1.84. The molecule has 2 aliphatic rings. The zero-order chi connectivity index (χ0) is 22.1. The second-order valence-electron chi connectivity index (χ2n) is 9.69. The van der Waals surface area contributed by atoms with E-state index in [9.17, 15) is 17.6 Å². The van der Waals surface area contributed by atoms with E-state index in [0.717, 1.165) is 31.1 Å². The lowest BCUT2D eigenvalue weighted by atomic mass is 9.80. The molecule has 0 N–H and O–H groups in total. The second kappa shape index (κ2) is 9.34. The molecule has 0 nitrogen and oxygen atoms in total. The number of halogens is 4. The second-order valence-corrected chi connectivity index (χ2v) is 9.69. The summed E-state index contributed by atoms with van der Waals surface area (Å²) >= 11 is 0. The summed E-state index contributed by atoms with van der Waals surface area (Å²) in [5, 5.41) is 0. The van der Waals surface area contributed by atoms with Crippen LogP contribution in [0, 0.1) is 35.1 Å². The summed E-state index contributed by atoms with van der Waals surface area (Å²) < 4.78 is 59.0. The lowest BCUT2D eigenvalue weighted by molar-refractivity contribution is 0.272. The first-order chi connectivity index (χ1) is 14.9. The quantitative estimate of drug-likeness (QED) is 0.260. The zero-order valence-corrected chi connectivity index (χ0v) is 18.6.